The second-order valence-electron chi connectivity index (χ2n) is 6.43. The van der Waals surface area contributed by atoms with Gasteiger partial charge >= 0.3 is 6.09 Å². The van der Waals surface area contributed by atoms with Gasteiger partial charge in [0.25, 0.3) is 0 Å². The smallest absolute Gasteiger partial charge is 0.410 e. The van der Waals surface area contributed by atoms with E-state index in [1.54, 1.807) is 12.7 Å². The highest BCUT2D eigenvalue weighted by atomic mass is 16.6. The summed E-state index contributed by atoms with van der Waals surface area (Å²) in [7, 11) is 0. The van der Waals surface area contributed by atoms with Crippen molar-refractivity contribution in [3.05, 3.63) is 12.7 Å². The maximum Gasteiger partial charge on any atom is 0.410 e. The van der Waals surface area contributed by atoms with E-state index in [-0.39, 0.29) is 6.09 Å². The van der Waals surface area contributed by atoms with Crippen LogP contribution in [0.1, 0.15) is 46.1 Å². The normalized spacial score (nSPS) is 29.8. The highest BCUT2D eigenvalue weighted by Crippen LogP contribution is 2.43. The third-order valence-electron chi connectivity index (χ3n) is 3.83. The van der Waals surface area contributed by atoms with Gasteiger partial charge in [-0.25, -0.2) is 14.5 Å². The van der Waals surface area contributed by atoms with E-state index in [4.69, 9.17) is 4.74 Å². The van der Waals surface area contributed by atoms with Gasteiger partial charge < -0.3 is 9.64 Å². The van der Waals surface area contributed by atoms with Gasteiger partial charge in [-0.15, -0.1) is 0 Å². The number of carbonyl (C=O) groups excluding carboxylic acids is 1. The first-order valence-corrected chi connectivity index (χ1v) is 6.79. The second kappa shape index (κ2) is 4.21. The summed E-state index contributed by atoms with van der Waals surface area (Å²) in [5.41, 5.74) is -0.424. The van der Waals surface area contributed by atoms with Crippen molar-refractivity contribution in [2.45, 2.75) is 63.8 Å². The van der Waals surface area contributed by atoms with Crippen molar-refractivity contribution in [3.8, 4) is 0 Å². The summed E-state index contributed by atoms with van der Waals surface area (Å²) < 4.78 is 7.36. The number of aromatic nitrogens is 3. The molecule has 0 aromatic carbocycles. The molecule has 0 spiro atoms. The molecule has 1 amide bonds. The monoisotopic (exact) mass is 264 g/mol. The zero-order valence-electron chi connectivity index (χ0n) is 11.6. The van der Waals surface area contributed by atoms with Gasteiger partial charge in [0.15, 0.2) is 0 Å². The fraction of sp³-hybridized carbons (Fsp3) is 0.769. The van der Waals surface area contributed by atoms with Gasteiger partial charge in [0.05, 0.1) is 6.04 Å². The molecule has 6 heteroatoms. The van der Waals surface area contributed by atoms with Crippen molar-refractivity contribution < 1.29 is 9.53 Å². The molecule has 3 aliphatic rings. The highest BCUT2D eigenvalue weighted by molar-refractivity contribution is 5.70. The Labute approximate surface area is 112 Å². The van der Waals surface area contributed by atoms with Crippen LogP contribution in [0.5, 0.6) is 0 Å². The minimum atomic E-state index is -0.424. The van der Waals surface area contributed by atoms with Crippen LogP contribution in [0.15, 0.2) is 12.7 Å². The van der Waals surface area contributed by atoms with Crippen molar-refractivity contribution in [2.24, 2.45) is 0 Å². The van der Waals surface area contributed by atoms with E-state index in [0.717, 1.165) is 19.3 Å². The lowest BCUT2D eigenvalue weighted by atomic mass is 9.77. The van der Waals surface area contributed by atoms with Crippen LogP contribution in [0, 0.1) is 0 Å². The fourth-order valence-electron chi connectivity index (χ4n) is 3.08. The summed E-state index contributed by atoms with van der Waals surface area (Å²) in [5, 5.41) is 4.20. The number of fused-ring (bicyclic) bond motifs is 2. The topological polar surface area (TPSA) is 60.2 Å². The van der Waals surface area contributed by atoms with E-state index in [9.17, 15) is 4.79 Å². The molecule has 3 heterocycles. The van der Waals surface area contributed by atoms with Crippen LogP contribution < -0.4 is 0 Å². The first-order chi connectivity index (χ1) is 8.94. The Hall–Kier alpha value is -1.59. The lowest BCUT2D eigenvalue weighted by molar-refractivity contribution is -0.0644. The lowest BCUT2D eigenvalue weighted by Gasteiger charge is -2.54. The molecule has 2 unspecified atom stereocenters. The van der Waals surface area contributed by atoms with Crippen LogP contribution in [0.2, 0.25) is 0 Å². The Bertz CT molecular complexity index is 453. The van der Waals surface area contributed by atoms with E-state index in [2.05, 4.69) is 10.1 Å². The SMILES string of the molecule is CC(C)(C)OC(=O)N1C2CC1CC(n1cncn1)C2. The summed E-state index contributed by atoms with van der Waals surface area (Å²) in [6, 6.07) is 0.954. The first kappa shape index (κ1) is 12.4. The molecule has 1 aromatic heterocycles. The summed E-state index contributed by atoms with van der Waals surface area (Å²) in [4.78, 5) is 18.0. The van der Waals surface area contributed by atoms with E-state index >= 15 is 0 Å². The number of rotatable bonds is 1. The number of nitrogens with zero attached hydrogens (tertiary/aromatic N) is 4. The molecular formula is C13H20N4O2. The zero-order valence-corrected chi connectivity index (χ0v) is 11.6. The number of hydrogen-bond donors (Lipinski definition) is 0. The quantitative estimate of drug-likeness (QED) is 0.778. The van der Waals surface area contributed by atoms with E-state index in [1.165, 1.54) is 0 Å². The summed E-state index contributed by atoms with van der Waals surface area (Å²) in [5.74, 6) is 0. The molecule has 0 N–H and O–H groups in total. The maximum absolute atomic E-state index is 12.1. The molecule has 104 valence electrons. The van der Waals surface area contributed by atoms with E-state index in [1.807, 2.05) is 30.4 Å². The van der Waals surface area contributed by atoms with Gasteiger partial charge in [0.2, 0.25) is 0 Å². The molecule has 2 saturated heterocycles. The second-order valence-corrected chi connectivity index (χ2v) is 6.43. The van der Waals surface area contributed by atoms with Crippen LogP contribution in [0.4, 0.5) is 4.79 Å². The van der Waals surface area contributed by atoms with Gasteiger partial charge in [-0.05, 0) is 40.0 Å². The summed E-state index contributed by atoms with van der Waals surface area (Å²) in [6.45, 7) is 5.70. The Kier molecular flexibility index (Phi) is 2.76. The maximum atomic E-state index is 12.1. The van der Waals surface area contributed by atoms with Gasteiger partial charge in [0, 0.05) is 12.1 Å². The largest absolute Gasteiger partial charge is 0.444 e. The van der Waals surface area contributed by atoms with Crippen molar-refractivity contribution in [3.63, 3.8) is 0 Å². The molecule has 2 aliphatic heterocycles. The molecule has 3 fully saturated rings. The molecule has 19 heavy (non-hydrogen) atoms. The third kappa shape index (κ3) is 2.31. The molecule has 6 nitrogen and oxygen atoms in total. The third-order valence-corrected chi connectivity index (χ3v) is 3.83. The van der Waals surface area contributed by atoms with E-state index in [0.29, 0.717) is 18.1 Å². The minimum Gasteiger partial charge on any atom is -0.444 e. The van der Waals surface area contributed by atoms with Crippen molar-refractivity contribution in [1.29, 1.82) is 0 Å². The molecule has 2 bridgehead atoms. The predicted octanol–water partition coefficient (Wildman–Crippen LogP) is 1.99. The average Bonchev–Trinajstić information content (AvgIpc) is 2.79. The summed E-state index contributed by atoms with van der Waals surface area (Å²) >= 11 is 0. The van der Waals surface area contributed by atoms with Gasteiger partial charge in [-0.1, -0.05) is 0 Å². The van der Waals surface area contributed by atoms with Gasteiger partial charge in [-0.2, -0.15) is 5.10 Å². The van der Waals surface area contributed by atoms with Crippen LogP contribution in [-0.4, -0.2) is 43.4 Å². The standard InChI is InChI=1S/C13H20N4O2/c1-13(2,3)19-12(18)17-10-4-9(5-11(17)6-10)16-8-14-7-15-16/h7-11H,4-6H2,1-3H3. The molecule has 1 aromatic rings. The lowest BCUT2D eigenvalue weighted by Crippen LogP contribution is -2.63. The van der Waals surface area contributed by atoms with Crippen molar-refractivity contribution in [1.82, 2.24) is 19.7 Å². The summed E-state index contributed by atoms with van der Waals surface area (Å²) in [6.07, 6.45) is 6.12. The molecule has 1 saturated carbocycles. The fourth-order valence-corrected chi connectivity index (χ4v) is 3.08. The van der Waals surface area contributed by atoms with Crippen molar-refractivity contribution in [2.75, 3.05) is 0 Å². The Morgan fingerprint density at radius 1 is 1.21 bits per heavy atom. The van der Waals surface area contributed by atoms with E-state index < -0.39 is 5.60 Å². The van der Waals surface area contributed by atoms with Crippen molar-refractivity contribution >= 4 is 6.09 Å². The van der Waals surface area contributed by atoms with Crippen LogP contribution in [0.3, 0.4) is 0 Å². The number of amides is 1. The zero-order chi connectivity index (χ0) is 13.6. The number of piperidine rings is 1. The van der Waals surface area contributed by atoms with Crippen LogP contribution in [0.25, 0.3) is 0 Å². The predicted molar refractivity (Wildman–Crippen MR) is 68.6 cm³/mol. The Morgan fingerprint density at radius 2 is 1.84 bits per heavy atom. The molecule has 1 aliphatic carbocycles. The Balaban J connectivity index is 1.63. The van der Waals surface area contributed by atoms with Crippen LogP contribution in [-0.2, 0) is 4.74 Å². The minimum absolute atomic E-state index is 0.175. The highest BCUT2D eigenvalue weighted by Gasteiger charge is 2.49. The van der Waals surface area contributed by atoms with Crippen LogP contribution >= 0.6 is 0 Å². The first-order valence-electron chi connectivity index (χ1n) is 6.79. The number of ether oxygens (including phenoxy) is 1. The van der Waals surface area contributed by atoms with Gasteiger partial charge in [-0.3, -0.25) is 0 Å². The Morgan fingerprint density at radius 3 is 2.37 bits per heavy atom. The number of carbonyl (C=O) groups is 1. The van der Waals surface area contributed by atoms with Gasteiger partial charge in [0.1, 0.15) is 18.3 Å². The molecule has 4 rings (SSSR count). The average molecular weight is 264 g/mol. The molecular weight excluding hydrogens is 244 g/mol. The molecule has 2 atom stereocenters. The molecule has 0 radical (unpaired) electrons. The number of hydrogen-bond acceptors (Lipinski definition) is 4.